The smallest absolute Gasteiger partial charge is 0.150 e. The predicted octanol–water partition coefficient (Wildman–Crippen LogP) is 1.92. The van der Waals surface area contributed by atoms with Crippen LogP contribution in [0.3, 0.4) is 0 Å². The van der Waals surface area contributed by atoms with Crippen molar-refractivity contribution in [3.05, 3.63) is 35.5 Å². The number of rotatable bonds is 3. The molecule has 0 spiro atoms. The van der Waals surface area contributed by atoms with Crippen molar-refractivity contribution in [3.63, 3.8) is 0 Å². The van der Waals surface area contributed by atoms with Crippen molar-refractivity contribution in [2.24, 2.45) is 0 Å². The van der Waals surface area contributed by atoms with Crippen LogP contribution in [0.2, 0.25) is 5.02 Å². The monoisotopic (exact) mass is 224 g/mol. The highest BCUT2D eigenvalue weighted by Crippen LogP contribution is 2.23. The Balaban J connectivity index is 2.08. The van der Waals surface area contributed by atoms with Gasteiger partial charge in [0.15, 0.2) is 5.82 Å². The molecular formula is C9H9ClN4O. The van der Waals surface area contributed by atoms with E-state index in [-0.39, 0.29) is 5.82 Å². The summed E-state index contributed by atoms with van der Waals surface area (Å²) >= 11 is 5.90. The number of nitrogens with zero attached hydrogens (tertiary/aromatic N) is 2. The number of nitrogens with two attached hydrogens (primary N) is 1. The summed E-state index contributed by atoms with van der Waals surface area (Å²) in [5.41, 5.74) is 6.53. The maximum absolute atomic E-state index is 5.90. The lowest BCUT2D eigenvalue weighted by Gasteiger charge is -2.06. The van der Waals surface area contributed by atoms with E-state index in [4.69, 9.17) is 21.8 Å². The SMILES string of the molecule is Nc1ncnc(NCc2ccoc2)c1Cl. The normalized spacial score (nSPS) is 10.2. The number of aromatic nitrogens is 2. The van der Waals surface area contributed by atoms with Gasteiger partial charge in [-0.15, -0.1) is 0 Å². The topological polar surface area (TPSA) is 77.0 Å². The van der Waals surface area contributed by atoms with Gasteiger partial charge in [0.2, 0.25) is 0 Å². The molecule has 2 rings (SSSR count). The van der Waals surface area contributed by atoms with Crippen LogP contribution in [0.15, 0.2) is 29.3 Å². The number of nitrogens with one attached hydrogen (secondary N) is 1. The lowest BCUT2D eigenvalue weighted by molar-refractivity contribution is 0.564. The molecule has 0 aliphatic heterocycles. The van der Waals surface area contributed by atoms with Crippen molar-refractivity contribution >= 4 is 23.2 Å². The molecule has 2 aromatic heterocycles. The molecule has 2 heterocycles. The third-order valence-electron chi connectivity index (χ3n) is 1.86. The van der Waals surface area contributed by atoms with Crippen molar-refractivity contribution in [2.75, 3.05) is 11.1 Å². The highest BCUT2D eigenvalue weighted by atomic mass is 35.5. The number of furan rings is 1. The zero-order valence-electron chi connectivity index (χ0n) is 7.77. The van der Waals surface area contributed by atoms with Crippen LogP contribution in [-0.2, 0) is 6.54 Å². The Kier molecular flexibility index (Phi) is 2.73. The van der Waals surface area contributed by atoms with Gasteiger partial charge in [0.05, 0.1) is 12.5 Å². The van der Waals surface area contributed by atoms with Crippen LogP contribution in [-0.4, -0.2) is 9.97 Å². The van der Waals surface area contributed by atoms with E-state index in [2.05, 4.69) is 15.3 Å². The van der Waals surface area contributed by atoms with Gasteiger partial charge < -0.3 is 15.5 Å². The number of hydrogen-bond donors (Lipinski definition) is 2. The van der Waals surface area contributed by atoms with Gasteiger partial charge >= 0.3 is 0 Å². The highest BCUT2D eigenvalue weighted by Gasteiger charge is 2.05. The second-order valence-electron chi connectivity index (χ2n) is 2.91. The number of halogens is 1. The minimum absolute atomic E-state index is 0.265. The standard InChI is InChI=1S/C9H9ClN4O/c10-7-8(11)13-5-14-9(7)12-3-6-1-2-15-4-6/h1-2,4-5H,3H2,(H3,11,12,13,14). The Hall–Kier alpha value is -1.75. The molecule has 0 aromatic carbocycles. The molecule has 0 amide bonds. The van der Waals surface area contributed by atoms with Gasteiger partial charge in [-0.3, -0.25) is 0 Å². The van der Waals surface area contributed by atoms with Crippen molar-refractivity contribution in [1.29, 1.82) is 0 Å². The molecule has 0 atom stereocenters. The number of nitrogen functional groups attached to an aromatic ring is 1. The Bertz CT molecular complexity index is 443. The highest BCUT2D eigenvalue weighted by molar-refractivity contribution is 6.35. The van der Waals surface area contributed by atoms with E-state index in [1.165, 1.54) is 6.33 Å². The second-order valence-corrected chi connectivity index (χ2v) is 3.28. The van der Waals surface area contributed by atoms with Crippen LogP contribution in [0.25, 0.3) is 0 Å². The largest absolute Gasteiger partial charge is 0.472 e. The van der Waals surface area contributed by atoms with E-state index in [0.29, 0.717) is 17.4 Å². The zero-order chi connectivity index (χ0) is 10.7. The first-order valence-corrected chi connectivity index (χ1v) is 4.66. The molecule has 6 heteroatoms. The van der Waals surface area contributed by atoms with Gasteiger partial charge in [0, 0.05) is 12.1 Å². The van der Waals surface area contributed by atoms with Crippen molar-refractivity contribution < 1.29 is 4.42 Å². The number of hydrogen-bond acceptors (Lipinski definition) is 5. The molecule has 5 nitrogen and oxygen atoms in total. The molecule has 0 bridgehead atoms. The molecule has 0 radical (unpaired) electrons. The van der Waals surface area contributed by atoms with E-state index in [1.807, 2.05) is 6.07 Å². The van der Waals surface area contributed by atoms with Gasteiger partial charge in [-0.05, 0) is 6.07 Å². The molecule has 78 valence electrons. The maximum atomic E-state index is 5.90. The third kappa shape index (κ3) is 2.19. The van der Waals surface area contributed by atoms with Crippen LogP contribution < -0.4 is 11.1 Å². The molecule has 0 fully saturated rings. The zero-order valence-corrected chi connectivity index (χ0v) is 8.53. The van der Waals surface area contributed by atoms with Crippen LogP contribution in [0.1, 0.15) is 5.56 Å². The summed E-state index contributed by atoms with van der Waals surface area (Å²) in [5, 5.41) is 3.37. The van der Waals surface area contributed by atoms with Gasteiger partial charge in [-0.1, -0.05) is 11.6 Å². The molecule has 0 saturated heterocycles. The fourth-order valence-corrected chi connectivity index (χ4v) is 1.25. The summed E-state index contributed by atoms with van der Waals surface area (Å²) < 4.78 is 4.93. The first-order chi connectivity index (χ1) is 7.27. The molecule has 0 unspecified atom stereocenters. The average molecular weight is 225 g/mol. The summed E-state index contributed by atoms with van der Waals surface area (Å²) in [7, 11) is 0. The molecule has 0 aliphatic rings. The lowest BCUT2D eigenvalue weighted by atomic mass is 10.3. The predicted molar refractivity (Wildman–Crippen MR) is 57.5 cm³/mol. The van der Waals surface area contributed by atoms with E-state index < -0.39 is 0 Å². The van der Waals surface area contributed by atoms with Gasteiger partial charge in [0.1, 0.15) is 17.2 Å². The quantitative estimate of drug-likeness (QED) is 0.833. The Morgan fingerprint density at radius 3 is 3.07 bits per heavy atom. The minimum atomic E-state index is 0.265. The summed E-state index contributed by atoms with van der Waals surface area (Å²) in [6, 6.07) is 1.85. The van der Waals surface area contributed by atoms with Gasteiger partial charge in [-0.25, -0.2) is 9.97 Å². The van der Waals surface area contributed by atoms with Crippen LogP contribution in [0, 0.1) is 0 Å². The molecular weight excluding hydrogens is 216 g/mol. The van der Waals surface area contributed by atoms with E-state index in [9.17, 15) is 0 Å². The summed E-state index contributed by atoms with van der Waals surface area (Å²) in [6.45, 7) is 0.576. The molecule has 2 aromatic rings. The fraction of sp³-hybridized carbons (Fsp3) is 0.111. The van der Waals surface area contributed by atoms with E-state index in [1.54, 1.807) is 12.5 Å². The van der Waals surface area contributed by atoms with Crippen LogP contribution >= 0.6 is 11.6 Å². The average Bonchev–Trinajstić information content (AvgIpc) is 2.73. The first-order valence-electron chi connectivity index (χ1n) is 4.28. The molecule has 3 N–H and O–H groups in total. The Morgan fingerprint density at radius 1 is 1.47 bits per heavy atom. The van der Waals surface area contributed by atoms with Gasteiger partial charge in [0.25, 0.3) is 0 Å². The Labute approximate surface area is 91.3 Å². The van der Waals surface area contributed by atoms with Crippen molar-refractivity contribution in [2.45, 2.75) is 6.54 Å². The molecule has 15 heavy (non-hydrogen) atoms. The Morgan fingerprint density at radius 2 is 2.33 bits per heavy atom. The second kappa shape index (κ2) is 4.18. The van der Waals surface area contributed by atoms with E-state index >= 15 is 0 Å². The fourth-order valence-electron chi connectivity index (χ4n) is 1.09. The molecule has 0 saturated carbocycles. The lowest BCUT2D eigenvalue weighted by Crippen LogP contribution is -2.03. The third-order valence-corrected chi connectivity index (χ3v) is 2.23. The van der Waals surface area contributed by atoms with Crippen molar-refractivity contribution in [3.8, 4) is 0 Å². The van der Waals surface area contributed by atoms with Gasteiger partial charge in [-0.2, -0.15) is 0 Å². The summed E-state index contributed by atoms with van der Waals surface area (Å²) in [4.78, 5) is 7.73. The van der Waals surface area contributed by atoms with Crippen molar-refractivity contribution in [1.82, 2.24) is 9.97 Å². The minimum Gasteiger partial charge on any atom is -0.472 e. The first kappa shape index (κ1) is 9.79. The summed E-state index contributed by atoms with van der Waals surface area (Å²) in [6.07, 6.45) is 4.61. The van der Waals surface area contributed by atoms with Crippen LogP contribution in [0.4, 0.5) is 11.6 Å². The number of anilines is 2. The van der Waals surface area contributed by atoms with Crippen LogP contribution in [0.5, 0.6) is 0 Å². The molecule has 0 aliphatic carbocycles. The maximum Gasteiger partial charge on any atom is 0.150 e. The van der Waals surface area contributed by atoms with E-state index in [0.717, 1.165) is 5.56 Å². The summed E-state index contributed by atoms with van der Waals surface area (Å²) in [5.74, 6) is 0.784.